The number of allylic oxidation sites excluding steroid dienone is 1. The van der Waals surface area contributed by atoms with E-state index in [9.17, 15) is 9.59 Å². The molecule has 246 valence electrons. The molecule has 0 bridgehead atoms. The second kappa shape index (κ2) is 14.3. The van der Waals surface area contributed by atoms with E-state index in [-0.39, 0.29) is 24.3 Å². The highest BCUT2D eigenvalue weighted by Crippen LogP contribution is 2.40. The van der Waals surface area contributed by atoms with Gasteiger partial charge in [-0.2, -0.15) is 0 Å². The molecule has 5 aromatic rings. The number of thiazole rings is 1. The fraction of sp³-hybridized carbons (Fsp3) is 0.194. The number of halogens is 3. The van der Waals surface area contributed by atoms with Crippen LogP contribution in [0.1, 0.15) is 36.6 Å². The molecule has 0 unspecified atom stereocenters. The third-order valence-corrected chi connectivity index (χ3v) is 10.2. The number of aromatic nitrogens is 1. The van der Waals surface area contributed by atoms with Crippen molar-refractivity contribution < 1.29 is 23.7 Å². The van der Waals surface area contributed by atoms with E-state index in [4.69, 9.17) is 47.1 Å². The highest BCUT2D eigenvalue weighted by molar-refractivity contribution is 14.1. The third-order valence-electron chi connectivity index (χ3n) is 7.88. The van der Waals surface area contributed by atoms with E-state index < -0.39 is 12.0 Å². The van der Waals surface area contributed by atoms with Crippen LogP contribution >= 0.6 is 57.1 Å². The number of hydrogen-bond donors (Lipinski definition) is 0. The fourth-order valence-corrected chi connectivity index (χ4v) is 7.99. The van der Waals surface area contributed by atoms with Crippen LogP contribution in [0, 0.1) is 3.57 Å². The molecule has 1 aliphatic heterocycles. The Balaban J connectivity index is 1.48. The van der Waals surface area contributed by atoms with Crippen LogP contribution in [-0.4, -0.2) is 31.4 Å². The lowest BCUT2D eigenvalue weighted by Gasteiger charge is -2.27. The van der Waals surface area contributed by atoms with Gasteiger partial charge in [0.15, 0.2) is 16.3 Å². The zero-order valence-electron chi connectivity index (χ0n) is 26.3. The summed E-state index contributed by atoms with van der Waals surface area (Å²) in [6.45, 7) is 3.89. The Morgan fingerprint density at radius 3 is 2.54 bits per heavy atom. The number of fused-ring (bicyclic) bond motifs is 2. The average molecular weight is 816 g/mol. The lowest BCUT2D eigenvalue weighted by molar-refractivity contribution is -0.139. The van der Waals surface area contributed by atoms with Gasteiger partial charge in [-0.1, -0.05) is 70.9 Å². The quantitative estimate of drug-likeness (QED) is 0.114. The number of ether oxygens (including phenoxy) is 4. The molecule has 12 heteroatoms. The maximum absolute atomic E-state index is 14.4. The minimum atomic E-state index is -0.839. The van der Waals surface area contributed by atoms with Crippen molar-refractivity contribution in [1.29, 1.82) is 0 Å². The normalized spacial score (nSPS) is 14.5. The molecule has 0 fully saturated rings. The molecular formula is C36H29Cl2IN2O6S. The van der Waals surface area contributed by atoms with Gasteiger partial charge >= 0.3 is 5.97 Å². The molecule has 0 radical (unpaired) electrons. The van der Waals surface area contributed by atoms with Gasteiger partial charge in [0.25, 0.3) is 5.56 Å². The summed E-state index contributed by atoms with van der Waals surface area (Å²) in [7, 11) is 3.13. The van der Waals surface area contributed by atoms with Crippen molar-refractivity contribution in [2.24, 2.45) is 4.99 Å². The molecule has 0 saturated heterocycles. The van der Waals surface area contributed by atoms with Crippen LogP contribution in [0.3, 0.4) is 0 Å². The summed E-state index contributed by atoms with van der Waals surface area (Å²) in [5.41, 5.74) is 2.63. The van der Waals surface area contributed by atoms with E-state index in [0.717, 1.165) is 25.5 Å². The van der Waals surface area contributed by atoms with Crippen LogP contribution in [0.2, 0.25) is 10.0 Å². The number of esters is 1. The standard InChI is InChI=1S/C36H29Cl2IN2O6S/c1-5-46-35(43)30-19(2)40-36-41(32(30)31-24-9-7-6-8-21(24)11-13-27(31)44-3)34(42)29(48-36)16-20-14-26(39)33(28(15-20)45-4)47-18-22-10-12-23(37)17-25(22)38/h6-17,32H,5,18H2,1-4H3/b29-16+/t32-/m0/s1. The Morgan fingerprint density at radius 1 is 1.04 bits per heavy atom. The molecule has 48 heavy (non-hydrogen) atoms. The molecule has 0 N–H and O–H groups in total. The molecule has 4 aromatic carbocycles. The average Bonchev–Trinajstić information content (AvgIpc) is 3.37. The zero-order chi connectivity index (χ0) is 34.1. The van der Waals surface area contributed by atoms with E-state index in [1.165, 1.54) is 11.3 Å². The zero-order valence-corrected chi connectivity index (χ0v) is 30.8. The van der Waals surface area contributed by atoms with Crippen LogP contribution in [0.25, 0.3) is 16.8 Å². The monoisotopic (exact) mass is 814 g/mol. The summed E-state index contributed by atoms with van der Waals surface area (Å²) in [5, 5.41) is 2.84. The Kier molecular flexibility index (Phi) is 10.2. The SMILES string of the molecule is CCOC(=O)C1=C(C)N=c2s/c(=C/c3cc(I)c(OCc4ccc(Cl)cc4Cl)c(OC)c3)c(=O)n2[C@@H]1c1c(OC)ccc2ccccc12. The van der Waals surface area contributed by atoms with E-state index in [0.29, 0.717) is 47.9 Å². The number of nitrogens with zero attached hydrogens (tertiary/aromatic N) is 2. The topological polar surface area (TPSA) is 88.4 Å². The lowest BCUT2D eigenvalue weighted by atomic mass is 9.90. The number of rotatable bonds is 9. The van der Waals surface area contributed by atoms with E-state index in [2.05, 4.69) is 22.6 Å². The van der Waals surface area contributed by atoms with Gasteiger partial charge in [0, 0.05) is 21.2 Å². The Bertz CT molecular complexity index is 2300. The van der Waals surface area contributed by atoms with Gasteiger partial charge in [-0.25, -0.2) is 9.79 Å². The van der Waals surface area contributed by atoms with Crippen LogP contribution in [-0.2, 0) is 16.1 Å². The molecular weight excluding hydrogens is 786 g/mol. The highest BCUT2D eigenvalue weighted by Gasteiger charge is 2.36. The first kappa shape index (κ1) is 34.0. The van der Waals surface area contributed by atoms with Crippen molar-refractivity contribution >= 4 is 79.9 Å². The summed E-state index contributed by atoms with van der Waals surface area (Å²) >= 11 is 15.8. The van der Waals surface area contributed by atoms with Crippen molar-refractivity contribution in [3.63, 3.8) is 0 Å². The molecule has 1 aliphatic rings. The number of hydrogen-bond acceptors (Lipinski definition) is 8. The van der Waals surface area contributed by atoms with Gasteiger partial charge < -0.3 is 18.9 Å². The first-order chi connectivity index (χ1) is 23.1. The van der Waals surface area contributed by atoms with E-state index >= 15 is 0 Å². The predicted molar refractivity (Wildman–Crippen MR) is 197 cm³/mol. The van der Waals surface area contributed by atoms with E-state index in [1.807, 2.05) is 48.5 Å². The Morgan fingerprint density at radius 2 is 1.81 bits per heavy atom. The second-order valence-electron chi connectivity index (χ2n) is 10.8. The van der Waals surface area contributed by atoms with Crippen molar-refractivity contribution in [3.8, 4) is 17.2 Å². The minimum Gasteiger partial charge on any atom is -0.496 e. The smallest absolute Gasteiger partial charge is 0.338 e. The maximum Gasteiger partial charge on any atom is 0.338 e. The molecule has 0 aliphatic carbocycles. The fourth-order valence-electron chi connectivity index (χ4n) is 5.70. The minimum absolute atomic E-state index is 0.173. The van der Waals surface area contributed by atoms with Crippen molar-refractivity contribution in [3.05, 3.63) is 128 Å². The van der Waals surface area contributed by atoms with Gasteiger partial charge in [-0.3, -0.25) is 9.36 Å². The van der Waals surface area contributed by atoms with Gasteiger partial charge in [0.1, 0.15) is 18.4 Å². The Hall–Kier alpha value is -3.84. The van der Waals surface area contributed by atoms with Crippen molar-refractivity contribution in [2.75, 3.05) is 20.8 Å². The molecule has 1 aromatic heterocycles. The predicted octanol–water partition coefficient (Wildman–Crippen LogP) is 7.46. The molecule has 6 rings (SSSR count). The van der Waals surface area contributed by atoms with Crippen molar-refractivity contribution in [1.82, 2.24) is 4.57 Å². The Labute approximate surface area is 304 Å². The van der Waals surface area contributed by atoms with Gasteiger partial charge in [-0.05, 0) is 89.2 Å². The molecule has 0 amide bonds. The first-order valence-corrected chi connectivity index (χ1v) is 17.5. The number of carbonyl (C=O) groups is 1. The number of benzene rings is 4. The van der Waals surface area contributed by atoms with Crippen LogP contribution in [0.5, 0.6) is 17.2 Å². The van der Waals surface area contributed by atoms with Gasteiger partial charge in [0.05, 0.1) is 40.2 Å². The maximum atomic E-state index is 14.4. The first-order valence-electron chi connectivity index (χ1n) is 14.8. The highest BCUT2D eigenvalue weighted by atomic mass is 127. The third kappa shape index (κ3) is 6.46. The van der Waals surface area contributed by atoms with Crippen LogP contribution < -0.4 is 29.1 Å². The van der Waals surface area contributed by atoms with Gasteiger partial charge in [0.2, 0.25) is 0 Å². The molecule has 1 atom stereocenters. The summed E-state index contributed by atoms with van der Waals surface area (Å²) in [6, 6.07) is 19.7. The second-order valence-corrected chi connectivity index (χ2v) is 13.8. The molecule has 0 saturated carbocycles. The van der Waals surface area contributed by atoms with Crippen molar-refractivity contribution in [2.45, 2.75) is 26.5 Å². The number of methoxy groups -OCH3 is 2. The molecule has 0 spiro atoms. The largest absolute Gasteiger partial charge is 0.496 e. The van der Waals surface area contributed by atoms with Crippen LogP contribution in [0.15, 0.2) is 87.8 Å². The molecule has 8 nitrogen and oxygen atoms in total. The summed E-state index contributed by atoms with van der Waals surface area (Å²) in [4.78, 5) is 33.1. The van der Waals surface area contributed by atoms with Crippen LogP contribution in [0.4, 0.5) is 0 Å². The van der Waals surface area contributed by atoms with E-state index in [1.54, 1.807) is 56.9 Å². The molecule has 2 heterocycles. The lowest BCUT2D eigenvalue weighted by Crippen LogP contribution is -2.40. The summed E-state index contributed by atoms with van der Waals surface area (Å²) in [6.07, 6.45) is 1.79. The number of carbonyl (C=O) groups excluding carboxylic acids is 1. The summed E-state index contributed by atoms with van der Waals surface area (Å²) in [5.74, 6) is 1.03. The van der Waals surface area contributed by atoms with Gasteiger partial charge in [-0.15, -0.1) is 0 Å². The summed E-state index contributed by atoms with van der Waals surface area (Å²) < 4.78 is 25.9.